The minimum Gasteiger partial charge on any atom is -0.268 e. The standard InChI is InChI=1S/C28H24N2O/c1-21-13-9-11-19-25(21)29-27(23-15-5-3-6-16-23)30(26-20-12-10-14-22(26)2)28(31)24-17-7-4-8-18-24/h3-20H,1-2H3. The monoisotopic (exact) mass is 404 g/mol. The number of anilines is 1. The zero-order valence-corrected chi connectivity index (χ0v) is 17.7. The summed E-state index contributed by atoms with van der Waals surface area (Å²) >= 11 is 0. The van der Waals surface area contributed by atoms with Gasteiger partial charge in [0.15, 0.2) is 0 Å². The van der Waals surface area contributed by atoms with Crippen LogP contribution >= 0.6 is 0 Å². The number of hydrogen-bond donors (Lipinski definition) is 0. The summed E-state index contributed by atoms with van der Waals surface area (Å²) in [4.78, 5) is 20.6. The molecule has 0 spiro atoms. The van der Waals surface area contributed by atoms with Crippen LogP contribution in [0.5, 0.6) is 0 Å². The zero-order valence-electron chi connectivity index (χ0n) is 17.7. The molecule has 0 aliphatic carbocycles. The zero-order chi connectivity index (χ0) is 21.6. The van der Waals surface area contributed by atoms with Crippen LogP contribution in [0.4, 0.5) is 11.4 Å². The number of carbonyl (C=O) groups is 1. The molecule has 0 unspecified atom stereocenters. The number of rotatable bonds is 4. The summed E-state index contributed by atoms with van der Waals surface area (Å²) in [7, 11) is 0. The van der Waals surface area contributed by atoms with Crippen LogP contribution < -0.4 is 4.90 Å². The molecule has 0 aliphatic rings. The fraction of sp³-hybridized carbons (Fsp3) is 0.0714. The molecule has 0 N–H and O–H groups in total. The molecule has 1 amide bonds. The summed E-state index contributed by atoms with van der Waals surface area (Å²) in [5.74, 6) is 0.476. The lowest BCUT2D eigenvalue weighted by molar-refractivity contribution is 0.100. The van der Waals surface area contributed by atoms with Crippen LogP contribution in [-0.2, 0) is 0 Å². The van der Waals surface area contributed by atoms with Gasteiger partial charge in [0, 0.05) is 11.1 Å². The molecule has 0 aromatic heterocycles. The van der Waals surface area contributed by atoms with Crippen molar-refractivity contribution in [3.63, 3.8) is 0 Å². The van der Waals surface area contributed by atoms with Gasteiger partial charge in [0.05, 0.1) is 11.4 Å². The number of amidine groups is 1. The summed E-state index contributed by atoms with van der Waals surface area (Å²) in [5.41, 5.74) is 5.18. The Morgan fingerprint density at radius 1 is 0.613 bits per heavy atom. The van der Waals surface area contributed by atoms with E-state index in [2.05, 4.69) is 0 Å². The first-order valence-electron chi connectivity index (χ1n) is 10.3. The lowest BCUT2D eigenvalue weighted by Crippen LogP contribution is -2.38. The Morgan fingerprint density at radius 2 is 1.13 bits per heavy atom. The van der Waals surface area contributed by atoms with Crippen LogP contribution in [0.3, 0.4) is 0 Å². The van der Waals surface area contributed by atoms with Crippen molar-refractivity contribution in [2.24, 2.45) is 4.99 Å². The molecule has 0 atom stereocenters. The molecule has 4 rings (SSSR count). The van der Waals surface area contributed by atoms with E-state index < -0.39 is 0 Å². The molecule has 3 heteroatoms. The average Bonchev–Trinajstić information content (AvgIpc) is 2.82. The quantitative estimate of drug-likeness (QED) is 0.274. The minimum absolute atomic E-state index is 0.119. The van der Waals surface area contributed by atoms with Crippen LogP contribution in [0, 0.1) is 13.8 Å². The number of amides is 1. The largest absolute Gasteiger partial charge is 0.268 e. The van der Waals surface area contributed by atoms with E-state index in [-0.39, 0.29) is 5.91 Å². The Labute approximate surface area is 183 Å². The molecule has 4 aromatic carbocycles. The summed E-state index contributed by atoms with van der Waals surface area (Å²) in [6.45, 7) is 4.04. The molecule has 0 radical (unpaired) electrons. The van der Waals surface area contributed by atoms with Gasteiger partial charge < -0.3 is 0 Å². The highest BCUT2D eigenvalue weighted by atomic mass is 16.2. The molecular formula is C28H24N2O. The van der Waals surface area contributed by atoms with Gasteiger partial charge >= 0.3 is 0 Å². The predicted molar refractivity (Wildman–Crippen MR) is 128 cm³/mol. The fourth-order valence-electron chi connectivity index (χ4n) is 3.48. The summed E-state index contributed by atoms with van der Waals surface area (Å²) in [5, 5.41) is 0. The van der Waals surface area contributed by atoms with E-state index in [1.165, 1.54) is 0 Å². The van der Waals surface area contributed by atoms with Gasteiger partial charge in [-0.2, -0.15) is 0 Å². The van der Waals surface area contributed by atoms with Crippen molar-refractivity contribution in [2.75, 3.05) is 4.90 Å². The van der Waals surface area contributed by atoms with Gasteiger partial charge in [-0.3, -0.25) is 9.69 Å². The third kappa shape index (κ3) is 4.46. The van der Waals surface area contributed by atoms with Crippen LogP contribution in [-0.4, -0.2) is 11.7 Å². The number of aliphatic imine (C=N–C) groups is 1. The van der Waals surface area contributed by atoms with E-state index in [1.807, 2.05) is 123 Å². The van der Waals surface area contributed by atoms with E-state index in [4.69, 9.17) is 4.99 Å². The van der Waals surface area contributed by atoms with Gasteiger partial charge in [0.1, 0.15) is 5.84 Å². The van der Waals surface area contributed by atoms with Crippen LogP contribution in [0.1, 0.15) is 27.0 Å². The second kappa shape index (κ2) is 9.23. The van der Waals surface area contributed by atoms with Gasteiger partial charge in [-0.1, -0.05) is 84.9 Å². The van der Waals surface area contributed by atoms with Crippen molar-refractivity contribution in [3.8, 4) is 0 Å². The predicted octanol–water partition coefficient (Wildman–Crippen LogP) is 6.73. The normalized spacial score (nSPS) is 11.2. The number of para-hydroxylation sites is 2. The topological polar surface area (TPSA) is 32.7 Å². The van der Waals surface area contributed by atoms with Gasteiger partial charge in [-0.15, -0.1) is 0 Å². The highest BCUT2D eigenvalue weighted by Gasteiger charge is 2.25. The Bertz CT molecular complexity index is 1210. The van der Waals surface area contributed by atoms with Crippen molar-refractivity contribution in [3.05, 3.63) is 131 Å². The maximum atomic E-state index is 13.8. The molecular weight excluding hydrogens is 380 g/mol. The van der Waals surface area contributed by atoms with Crippen molar-refractivity contribution in [1.29, 1.82) is 0 Å². The summed E-state index contributed by atoms with van der Waals surface area (Å²) < 4.78 is 0. The van der Waals surface area contributed by atoms with Crippen LogP contribution in [0.2, 0.25) is 0 Å². The van der Waals surface area contributed by atoms with E-state index in [0.29, 0.717) is 11.4 Å². The Kier molecular flexibility index (Phi) is 6.04. The second-order valence-corrected chi connectivity index (χ2v) is 7.38. The Morgan fingerprint density at radius 3 is 1.74 bits per heavy atom. The molecule has 0 saturated heterocycles. The van der Waals surface area contributed by atoms with E-state index in [0.717, 1.165) is 28.1 Å². The van der Waals surface area contributed by atoms with Crippen LogP contribution in [0.15, 0.2) is 114 Å². The number of benzene rings is 4. The molecule has 3 nitrogen and oxygen atoms in total. The molecule has 0 heterocycles. The molecule has 31 heavy (non-hydrogen) atoms. The summed E-state index contributed by atoms with van der Waals surface area (Å²) in [6.07, 6.45) is 0. The van der Waals surface area contributed by atoms with Gasteiger partial charge in [-0.25, -0.2) is 4.99 Å². The van der Waals surface area contributed by atoms with Crippen molar-refractivity contribution in [1.82, 2.24) is 0 Å². The smallest absolute Gasteiger partial charge is 0.264 e. The lowest BCUT2D eigenvalue weighted by atomic mass is 10.1. The SMILES string of the molecule is Cc1ccccc1N=C(c1ccccc1)N(C(=O)c1ccccc1)c1ccccc1C. The van der Waals surface area contributed by atoms with Crippen LogP contribution in [0.25, 0.3) is 0 Å². The number of carbonyl (C=O) groups excluding carboxylic acids is 1. The van der Waals surface area contributed by atoms with E-state index >= 15 is 0 Å². The third-order valence-electron chi connectivity index (χ3n) is 5.17. The lowest BCUT2D eigenvalue weighted by Gasteiger charge is -2.26. The van der Waals surface area contributed by atoms with E-state index in [9.17, 15) is 4.79 Å². The molecule has 0 fully saturated rings. The highest BCUT2D eigenvalue weighted by molar-refractivity contribution is 6.28. The van der Waals surface area contributed by atoms with Crippen molar-refractivity contribution in [2.45, 2.75) is 13.8 Å². The maximum absolute atomic E-state index is 13.8. The maximum Gasteiger partial charge on any atom is 0.264 e. The molecule has 0 bridgehead atoms. The first kappa shape index (κ1) is 20.3. The Balaban J connectivity index is 1.98. The molecule has 0 aliphatic heterocycles. The summed E-state index contributed by atoms with van der Waals surface area (Å²) in [6, 6.07) is 35.1. The van der Waals surface area contributed by atoms with Crippen molar-refractivity contribution < 1.29 is 4.79 Å². The highest BCUT2D eigenvalue weighted by Crippen LogP contribution is 2.27. The second-order valence-electron chi connectivity index (χ2n) is 7.38. The number of hydrogen-bond acceptors (Lipinski definition) is 2. The molecule has 152 valence electrons. The van der Waals surface area contributed by atoms with E-state index in [1.54, 1.807) is 4.90 Å². The first-order chi connectivity index (χ1) is 15.1. The minimum atomic E-state index is -0.119. The molecule has 4 aromatic rings. The van der Waals surface area contributed by atoms with Crippen molar-refractivity contribution >= 4 is 23.1 Å². The number of aryl methyl sites for hydroxylation is 2. The Hall–Kier alpha value is -3.98. The van der Waals surface area contributed by atoms with Gasteiger partial charge in [0.25, 0.3) is 5.91 Å². The van der Waals surface area contributed by atoms with Gasteiger partial charge in [0.2, 0.25) is 0 Å². The van der Waals surface area contributed by atoms with Gasteiger partial charge in [-0.05, 0) is 49.2 Å². The molecule has 0 saturated carbocycles. The average molecular weight is 405 g/mol. The fourth-order valence-corrected chi connectivity index (χ4v) is 3.48. The third-order valence-corrected chi connectivity index (χ3v) is 5.17. The first-order valence-corrected chi connectivity index (χ1v) is 10.3. The number of nitrogens with zero attached hydrogens (tertiary/aromatic N) is 2.